The van der Waals surface area contributed by atoms with E-state index in [0.29, 0.717) is 18.8 Å². The molecule has 1 amide bonds. The van der Waals surface area contributed by atoms with Crippen LogP contribution in [0.5, 0.6) is 5.75 Å². The third kappa shape index (κ3) is 4.89. The number of ether oxygens (including phenoxy) is 2. The van der Waals surface area contributed by atoms with E-state index in [9.17, 15) is 13.2 Å². The molecule has 3 rings (SSSR count). The van der Waals surface area contributed by atoms with Gasteiger partial charge in [0, 0.05) is 24.3 Å². The van der Waals surface area contributed by atoms with Crippen molar-refractivity contribution in [2.75, 3.05) is 24.9 Å². The summed E-state index contributed by atoms with van der Waals surface area (Å²) in [4.78, 5) is 14.6. The second-order valence-corrected chi connectivity index (χ2v) is 8.96. The number of morpholine rings is 1. The van der Waals surface area contributed by atoms with Crippen molar-refractivity contribution in [1.29, 1.82) is 0 Å². The summed E-state index contributed by atoms with van der Waals surface area (Å²) < 4.78 is 39.4. The maximum atomic E-state index is 13.0. The summed E-state index contributed by atoms with van der Waals surface area (Å²) in [5.74, 6) is -0.0636. The molecule has 0 bridgehead atoms. The van der Waals surface area contributed by atoms with Gasteiger partial charge in [-0.15, -0.1) is 0 Å². The Hall–Kier alpha value is -2.58. The Labute approximate surface area is 171 Å². The lowest BCUT2D eigenvalue weighted by molar-refractivity contribution is -0.0586. The smallest absolute Gasteiger partial charge is 0.265 e. The van der Waals surface area contributed by atoms with Gasteiger partial charge in [0.2, 0.25) is 0 Å². The van der Waals surface area contributed by atoms with Gasteiger partial charge in [-0.3, -0.25) is 9.52 Å². The molecule has 1 aliphatic rings. The average molecular weight is 419 g/mol. The Morgan fingerprint density at radius 3 is 2.31 bits per heavy atom. The number of aryl methyl sites for hydroxylation is 1. The molecule has 1 heterocycles. The number of anilines is 1. The summed E-state index contributed by atoms with van der Waals surface area (Å²) in [7, 11) is -2.55. The largest absolute Gasteiger partial charge is 0.495 e. The van der Waals surface area contributed by atoms with Gasteiger partial charge in [-0.2, -0.15) is 0 Å². The van der Waals surface area contributed by atoms with Crippen molar-refractivity contribution in [2.45, 2.75) is 37.9 Å². The van der Waals surface area contributed by atoms with Gasteiger partial charge in [0.15, 0.2) is 0 Å². The molecule has 1 fully saturated rings. The van der Waals surface area contributed by atoms with E-state index in [2.05, 4.69) is 4.72 Å². The molecule has 2 atom stereocenters. The van der Waals surface area contributed by atoms with Crippen molar-refractivity contribution in [1.82, 2.24) is 4.90 Å². The predicted octanol–water partition coefficient (Wildman–Crippen LogP) is 3.05. The maximum Gasteiger partial charge on any atom is 0.265 e. The van der Waals surface area contributed by atoms with Gasteiger partial charge in [0.05, 0.1) is 19.3 Å². The minimum absolute atomic E-state index is 0.0765. The van der Waals surface area contributed by atoms with Crippen LogP contribution >= 0.6 is 0 Å². The van der Waals surface area contributed by atoms with Crippen LogP contribution in [0.15, 0.2) is 47.4 Å². The van der Waals surface area contributed by atoms with E-state index in [1.54, 1.807) is 23.1 Å². The first kappa shape index (κ1) is 21.1. The van der Waals surface area contributed by atoms with E-state index in [1.807, 2.05) is 32.9 Å². The molecule has 8 heteroatoms. The Morgan fingerprint density at radius 1 is 1.10 bits per heavy atom. The predicted molar refractivity (Wildman–Crippen MR) is 111 cm³/mol. The Morgan fingerprint density at radius 2 is 1.72 bits per heavy atom. The van der Waals surface area contributed by atoms with Crippen molar-refractivity contribution in [3.8, 4) is 5.75 Å². The van der Waals surface area contributed by atoms with Gasteiger partial charge in [-0.25, -0.2) is 8.42 Å². The highest BCUT2D eigenvalue weighted by atomic mass is 32.2. The highest BCUT2D eigenvalue weighted by Gasteiger charge is 2.28. The number of sulfonamides is 1. The van der Waals surface area contributed by atoms with Crippen molar-refractivity contribution in [2.24, 2.45) is 0 Å². The molecule has 1 N–H and O–H groups in total. The molecule has 1 saturated heterocycles. The fraction of sp³-hybridized carbons (Fsp3) is 0.381. The Balaban J connectivity index is 1.92. The molecule has 2 unspecified atom stereocenters. The lowest BCUT2D eigenvalue weighted by Gasteiger charge is -2.35. The summed E-state index contributed by atoms with van der Waals surface area (Å²) >= 11 is 0. The van der Waals surface area contributed by atoms with Crippen molar-refractivity contribution < 1.29 is 22.7 Å². The van der Waals surface area contributed by atoms with Crippen LogP contribution in [0.1, 0.15) is 29.8 Å². The molecule has 0 aliphatic carbocycles. The maximum absolute atomic E-state index is 13.0. The Kier molecular flexibility index (Phi) is 6.14. The van der Waals surface area contributed by atoms with Crippen LogP contribution in [0.3, 0.4) is 0 Å². The highest BCUT2D eigenvalue weighted by Crippen LogP contribution is 2.28. The third-order valence-electron chi connectivity index (χ3n) is 4.71. The van der Waals surface area contributed by atoms with Gasteiger partial charge in [0.25, 0.3) is 15.9 Å². The van der Waals surface area contributed by atoms with Gasteiger partial charge in [-0.1, -0.05) is 17.7 Å². The molecule has 0 saturated carbocycles. The number of amides is 1. The summed E-state index contributed by atoms with van der Waals surface area (Å²) in [6, 6.07) is 11.4. The number of rotatable bonds is 5. The van der Waals surface area contributed by atoms with Gasteiger partial charge in [-0.05, 0) is 51.1 Å². The van der Waals surface area contributed by atoms with Crippen molar-refractivity contribution in [3.63, 3.8) is 0 Å². The molecule has 0 spiro atoms. The first-order valence-electron chi connectivity index (χ1n) is 9.42. The second kappa shape index (κ2) is 8.42. The van der Waals surface area contributed by atoms with Crippen LogP contribution in [0.4, 0.5) is 5.69 Å². The quantitative estimate of drug-likeness (QED) is 0.807. The first-order valence-corrected chi connectivity index (χ1v) is 10.9. The van der Waals surface area contributed by atoms with Crippen LogP contribution in [-0.4, -0.2) is 51.6 Å². The van der Waals surface area contributed by atoms with Crippen LogP contribution in [-0.2, 0) is 14.8 Å². The molecule has 0 radical (unpaired) electrons. The van der Waals surface area contributed by atoms with Crippen molar-refractivity contribution >= 4 is 21.6 Å². The van der Waals surface area contributed by atoms with Crippen LogP contribution in [0, 0.1) is 6.92 Å². The topological polar surface area (TPSA) is 84.9 Å². The van der Waals surface area contributed by atoms with E-state index in [-0.39, 0.29) is 34.3 Å². The molecule has 2 aromatic rings. The zero-order valence-corrected chi connectivity index (χ0v) is 17.8. The van der Waals surface area contributed by atoms with Crippen LogP contribution < -0.4 is 9.46 Å². The highest BCUT2D eigenvalue weighted by molar-refractivity contribution is 7.92. The second-order valence-electron chi connectivity index (χ2n) is 7.30. The molecule has 0 aromatic heterocycles. The molecule has 29 heavy (non-hydrogen) atoms. The van der Waals surface area contributed by atoms with Gasteiger partial charge < -0.3 is 14.4 Å². The molecule has 156 valence electrons. The number of hydrogen-bond donors (Lipinski definition) is 1. The SMILES string of the molecule is COc1ccc(C(=O)N2CC(C)OC(C)C2)cc1S(=O)(=O)Nc1ccc(C)cc1. The van der Waals surface area contributed by atoms with Crippen molar-refractivity contribution in [3.05, 3.63) is 53.6 Å². The fourth-order valence-electron chi connectivity index (χ4n) is 3.38. The minimum Gasteiger partial charge on any atom is -0.495 e. The summed E-state index contributed by atoms with van der Waals surface area (Å²) in [6.07, 6.45) is -0.153. The Bertz CT molecular complexity index is 979. The first-order chi connectivity index (χ1) is 13.7. The number of nitrogens with zero attached hydrogens (tertiary/aromatic N) is 1. The number of benzene rings is 2. The molecule has 2 aromatic carbocycles. The lowest BCUT2D eigenvalue weighted by Crippen LogP contribution is -2.48. The standard InChI is InChI=1S/C21H26N2O5S/c1-14-5-8-18(9-6-14)22-29(25,26)20-11-17(7-10-19(20)27-4)21(24)23-12-15(2)28-16(3)13-23/h5-11,15-16,22H,12-13H2,1-4H3. The van der Waals surface area contributed by atoms with Crippen LogP contribution in [0.25, 0.3) is 0 Å². The van der Waals surface area contributed by atoms with E-state index in [0.717, 1.165) is 5.56 Å². The molecular formula is C21H26N2O5S. The van der Waals surface area contributed by atoms with E-state index >= 15 is 0 Å². The van der Waals surface area contributed by atoms with E-state index in [1.165, 1.54) is 19.2 Å². The fourth-order valence-corrected chi connectivity index (χ4v) is 4.63. The zero-order chi connectivity index (χ0) is 21.2. The van der Waals surface area contributed by atoms with Gasteiger partial charge >= 0.3 is 0 Å². The zero-order valence-electron chi connectivity index (χ0n) is 17.0. The molecular weight excluding hydrogens is 392 g/mol. The number of hydrogen-bond acceptors (Lipinski definition) is 5. The molecule has 7 nitrogen and oxygen atoms in total. The third-order valence-corrected chi connectivity index (χ3v) is 6.11. The van der Waals surface area contributed by atoms with E-state index in [4.69, 9.17) is 9.47 Å². The molecule has 1 aliphatic heterocycles. The summed E-state index contributed by atoms with van der Waals surface area (Å²) in [5, 5.41) is 0. The number of carbonyl (C=O) groups is 1. The average Bonchev–Trinajstić information content (AvgIpc) is 2.67. The summed E-state index contributed by atoms with van der Waals surface area (Å²) in [5.41, 5.74) is 1.74. The van der Waals surface area contributed by atoms with Crippen LogP contribution in [0.2, 0.25) is 0 Å². The number of methoxy groups -OCH3 is 1. The number of carbonyl (C=O) groups excluding carboxylic acids is 1. The normalized spacial score (nSPS) is 19.7. The lowest BCUT2D eigenvalue weighted by atomic mass is 10.1. The van der Waals surface area contributed by atoms with Gasteiger partial charge in [0.1, 0.15) is 10.6 Å². The number of nitrogens with one attached hydrogen (secondary N) is 1. The summed E-state index contributed by atoms with van der Waals surface area (Å²) in [6.45, 7) is 6.65. The minimum atomic E-state index is -3.95. The van der Waals surface area contributed by atoms with E-state index < -0.39 is 10.0 Å². The monoisotopic (exact) mass is 418 g/mol.